The quantitative estimate of drug-likeness (QED) is 0.155. The molecule has 2 fully saturated rings. The first-order chi connectivity index (χ1) is 25.0. The summed E-state index contributed by atoms with van der Waals surface area (Å²) >= 11 is 0. The van der Waals surface area contributed by atoms with Gasteiger partial charge in [0, 0.05) is 83.1 Å². The van der Waals surface area contributed by atoms with Crippen molar-refractivity contribution in [1.82, 2.24) is 24.3 Å². The summed E-state index contributed by atoms with van der Waals surface area (Å²) in [6.45, 7) is 15.1. The number of amides is 1. The van der Waals surface area contributed by atoms with Crippen molar-refractivity contribution in [2.45, 2.75) is 123 Å². The van der Waals surface area contributed by atoms with Crippen molar-refractivity contribution in [3.8, 4) is 11.3 Å². The number of nitrogens with zero attached hydrogens (tertiary/aromatic N) is 4. The van der Waals surface area contributed by atoms with Crippen LogP contribution in [0.25, 0.3) is 22.0 Å². The Morgan fingerprint density at radius 2 is 1.83 bits per heavy atom. The van der Waals surface area contributed by atoms with Gasteiger partial charge < -0.3 is 28.8 Å². The highest BCUT2D eigenvalue weighted by Gasteiger charge is 2.58. The summed E-state index contributed by atoms with van der Waals surface area (Å²) < 4.78 is 16.1. The highest BCUT2D eigenvalue weighted by atomic mass is 28.3. The first kappa shape index (κ1) is 38.6. The Labute approximate surface area is 310 Å². The minimum atomic E-state index is -1.28. The van der Waals surface area contributed by atoms with E-state index < -0.39 is 8.07 Å². The SMILES string of the molecule is CCC(=O)CCCCC[C@@H]1NC(=O)[C@H]2CC23CCN(CCCOCCCn2ccc4cc(ccc4c2=O)-c2cn(COCC[Si](C)(C)C)c1n2)CC3. The lowest BCUT2D eigenvalue weighted by Gasteiger charge is -2.33. The molecule has 8 bridgehead atoms. The molecular formula is C41H61N5O5Si. The molecule has 6 aliphatic heterocycles. The van der Waals surface area contributed by atoms with Crippen LogP contribution >= 0.6 is 0 Å². The fourth-order valence-electron chi connectivity index (χ4n) is 8.00. The third-order valence-corrected chi connectivity index (χ3v) is 13.3. The molecule has 1 amide bonds. The molecule has 10 nitrogen and oxygen atoms in total. The van der Waals surface area contributed by atoms with Crippen LogP contribution in [-0.2, 0) is 32.3 Å². The normalized spacial score (nSPS) is 24.2. The summed E-state index contributed by atoms with van der Waals surface area (Å²) in [6.07, 6.45) is 13.4. The molecule has 7 aliphatic rings. The molecule has 52 heavy (non-hydrogen) atoms. The number of aromatic nitrogens is 3. The summed E-state index contributed by atoms with van der Waals surface area (Å²) in [6, 6.07) is 8.74. The largest absolute Gasteiger partial charge is 0.381 e. The van der Waals surface area contributed by atoms with Crippen LogP contribution in [0.3, 0.4) is 0 Å². The first-order valence-electron chi connectivity index (χ1n) is 20.0. The van der Waals surface area contributed by atoms with Crippen LogP contribution < -0.4 is 10.9 Å². The maximum Gasteiger partial charge on any atom is 0.258 e. The zero-order valence-electron chi connectivity index (χ0n) is 32.1. The second-order valence-corrected chi connectivity index (χ2v) is 22.4. The van der Waals surface area contributed by atoms with Gasteiger partial charge in [-0.25, -0.2) is 4.98 Å². The highest BCUT2D eigenvalue weighted by Crippen LogP contribution is 2.59. The number of imidazole rings is 1. The van der Waals surface area contributed by atoms with Crippen molar-refractivity contribution < 1.29 is 19.1 Å². The molecule has 284 valence electrons. The van der Waals surface area contributed by atoms with Gasteiger partial charge >= 0.3 is 0 Å². The number of piperidine rings is 1. The van der Waals surface area contributed by atoms with Crippen LogP contribution in [-0.4, -0.2) is 78.2 Å². The fourth-order valence-corrected chi connectivity index (χ4v) is 8.76. The summed E-state index contributed by atoms with van der Waals surface area (Å²) in [7, 11) is -1.28. The van der Waals surface area contributed by atoms with Crippen LogP contribution in [0.15, 0.2) is 41.5 Å². The topological polar surface area (TPSA) is 108 Å². The number of unbranched alkanes of at least 4 members (excludes halogenated alkanes) is 2. The van der Waals surface area contributed by atoms with E-state index >= 15 is 0 Å². The molecule has 10 rings (SSSR count). The van der Waals surface area contributed by atoms with Gasteiger partial charge in [0.25, 0.3) is 5.56 Å². The van der Waals surface area contributed by atoms with Crippen molar-refractivity contribution in [1.29, 1.82) is 0 Å². The van der Waals surface area contributed by atoms with E-state index in [1.54, 1.807) is 4.57 Å². The van der Waals surface area contributed by atoms with Gasteiger partial charge in [-0.15, -0.1) is 0 Å². The Bertz CT molecular complexity index is 1740. The number of benzene rings is 1. The maximum absolute atomic E-state index is 14.1. The molecule has 2 atom stereocenters. The average Bonchev–Trinajstić information content (AvgIpc) is 3.66. The van der Waals surface area contributed by atoms with Crippen LogP contribution in [0.1, 0.15) is 89.4 Å². The van der Waals surface area contributed by atoms with Crippen LogP contribution in [0.5, 0.6) is 0 Å². The number of carbonyl (C=O) groups is 2. The monoisotopic (exact) mass is 731 g/mol. The van der Waals surface area contributed by atoms with E-state index in [-0.39, 0.29) is 28.8 Å². The number of Topliss-reactive ketones (excluding diaryl/α,β-unsaturated/α-hetero) is 1. The summed E-state index contributed by atoms with van der Waals surface area (Å²) in [4.78, 5) is 47.3. The molecule has 1 N–H and O–H groups in total. The maximum atomic E-state index is 14.1. The highest BCUT2D eigenvalue weighted by molar-refractivity contribution is 6.76. The molecule has 8 heterocycles. The number of ether oxygens (including phenoxy) is 2. The minimum absolute atomic E-state index is 0.00480. The summed E-state index contributed by atoms with van der Waals surface area (Å²) in [5, 5.41) is 5.06. The van der Waals surface area contributed by atoms with Crippen molar-refractivity contribution in [2.75, 3.05) is 39.5 Å². The number of aryl methyl sites for hydroxylation is 1. The van der Waals surface area contributed by atoms with Gasteiger partial charge in [-0.1, -0.05) is 45.5 Å². The molecule has 0 radical (unpaired) electrons. The number of ketones is 1. The molecule has 1 aliphatic carbocycles. The van der Waals surface area contributed by atoms with E-state index in [1.165, 1.54) is 0 Å². The number of carbonyl (C=O) groups excluding carboxylic acids is 2. The van der Waals surface area contributed by atoms with E-state index in [0.29, 0.717) is 50.5 Å². The van der Waals surface area contributed by atoms with Gasteiger partial charge in [0.05, 0.1) is 11.7 Å². The summed E-state index contributed by atoms with van der Waals surface area (Å²) in [5.74, 6) is 1.28. The molecule has 0 unspecified atom stereocenters. The Hall–Kier alpha value is -3.12. The molecule has 1 saturated carbocycles. The molecular weight excluding hydrogens is 671 g/mol. The van der Waals surface area contributed by atoms with E-state index in [0.717, 1.165) is 113 Å². The predicted molar refractivity (Wildman–Crippen MR) is 209 cm³/mol. The molecule has 1 spiro atoms. The van der Waals surface area contributed by atoms with E-state index in [2.05, 4.69) is 34.4 Å². The molecule has 3 aromatic rings. The molecule has 1 aromatic carbocycles. The van der Waals surface area contributed by atoms with Crippen LogP contribution in [0, 0.1) is 11.3 Å². The third-order valence-electron chi connectivity index (χ3n) is 11.6. The van der Waals surface area contributed by atoms with Gasteiger partial charge in [0.15, 0.2) is 0 Å². The smallest absolute Gasteiger partial charge is 0.258 e. The Morgan fingerprint density at radius 1 is 1.04 bits per heavy atom. The Kier molecular flexibility index (Phi) is 12.9. The molecule has 2 aromatic heterocycles. The van der Waals surface area contributed by atoms with E-state index in [9.17, 15) is 14.4 Å². The third kappa shape index (κ3) is 9.89. The van der Waals surface area contributed by atoms with Crippen LogP contribution in [0.2, 0.25) is 25.7 Å². The fraction of sp³-hybridized carbons (Fsp3) is 0.659. The number of hydrogen-bond donors (Lipinski definition) is 1. The van der Waals surface area contributed by atoms with Crippen molar-refractivity contribution in [3.05, 3.63) is 52.8 Å². The van der Waals surface area contributed by atoms with Gasteiger partial charge in [-0.3, -0.25) is 14.4 Å². The molecule has 11 heteroatoms. The molecule has 1 saturated heterocycles. The number of hydrogen-bond acceptors (Lipinski definition) is 7. The van der Waals surface area contributed by atoms with E-state index in [4.69, 9.17) is 14.5 Å². The van der Waals surface area contributed by atoms with Gasteiger partial charge in [-0.2, -0.15) is 0 Å². The lowest BCUT2D eigenvalue weighted by molar-refractivity contribution is -0.124. The zero-order chi connectivity index (χ0) is 36.7. The van der Waals surface area contributed by atoms with E-state index in [1.807, 2.05) is 43.6 Å². The first-order valence-corrected chi connectivity index (χ1v) is 23.7. The summed E-state index contributed by atoms with van der Waals surface area (Å²) in [5.41, 5.74) is 1.83. The van der Waals surface area contributed by atoms with Crippen LogP contribution in [0.4, 0.5) is 0 Å². The lowest BCUT2D eigenvalue weighted by Crippen LogP contribution is -2.38. The van der Waals surface area contributed by atoms with Crippen molar-refractivity contribution in [3.63, 3.8) is 0 Å². The minimum Gasteiger partial charge on any atom is -0.381 e. The van der Waals surface area contributed by atoms with Gasteiger partial charge in [0.2, 0.25) is 5.91 Å². The zero-order valence-corrected chi connectivity index (χ0v) is 33.1. The van der Waals surface area contributed by atoms with Crippen molar-refractivity contribution >= 4 is 30.5 Å². The number of pyridine rings is 1. The van der Waals surface area contributed by atoms with Gasteiger partial charge in [-0.05, 0) is 93.1 Å². The standard InChI is InChI=1S/C41H61N5O5Si/c1-5-33(47)11-7-6-8-12-36-38-42-37(29-46(38)30-51-25-26-52(2,3)4)32-13-14-34-31(27-32)15-20-45(40(34)49)19-10-24-50-23-9-18-44-21-16-41(17-22-44)28-35(41)39(48)43-36/h13-15,20,27,29,35-36H,5-12,16-19,21-26,28,30H2,1-4H3,(H,43,48)/t35-,36+/m1/s1. The van der Waals surface area contributed by atoms with Gasteiger partial charge in [0.1, 0.15) is 18.3 Å². The van der Waals surface area contributed by atoms with Crippen molar-refractivity contribution in [2.24, 2.45) is 11.3 Å². The second kappa shape index (κ2) is 17.3. The Balaban J connectivity index is 1.31. The average molecular weight is 732 g/mol. The predicted octanol–water partition coefficient (Wildman–Crippen LogP) is 7.18. The Morgan fingerprint density at radius 3 is 2.60 bits per heavy atom. The lowest BCUT2D eigenvalue weighted by atomic mass is 9.90. The number of rotatable bonds is 12. The second-order valence-electron chi connectivity index (χ2n) is 16.8. The number of nitrogens with one attached hydrogen (secondary N) is 1.